The van der Waals surface area contributed by atoms with Crippen LogP contribution in [0.2, 0.25) is 0 Å². The summed E-state index contributed by atoms with van der Waals surface area (Å²) in [5.41, 5.74) is -7.06. The zero-order valence-electron chi connectivity index (χ0n) is 10.7. The van der Waals surface area contributed by atoms with E-state index in [0.29, 0.717) is 0 Å². The zero-order valence-corrected chi connectivity index (χ0v) is 12.3. The Hall–Kier alpha value is -0.830. The molecule has 0 aromatic rings. The SMILES string of the molecule is FC(F)(F)C(F)(F)C(F)(F)C(F)(F)C(/C=C/Br)(C(F)(F)F)C(F)(F)F. The third kappa shape index (κ3) is 3.18. The Morgan fingerprint density at radius 2 is 0.760 bits per heavy atom. The van der Waals surface area contributed by atoms with Crippen LogP contribution in [0.4, 0.5) is 65.9 Å². The van der Waals surface area contributed by atoms with Gasteiger partial charge in [-0.25, -0.2) is 0 Å². The van der Waals surface area contributed by atoms with Gasteiger partial charge in [-0.3, -0.25) is 0 Å². The highest BCUT2D eigenvalue weighted by atomic mass is 79.9. The van der Waals surface area contributed by atoms with Gasteiger partial charge in [-0.1, -0.05) is 15.9 Å². The fourth-order valence-corrected chi connectivity index (χ4v) is 1.92. The smallest absolute Gasteiger partial charge is 0.198 e. The number of alkyl halides is 15. The maximum Gasteiger partial charge on any atom is 0.460 e. The number of hydrogen-bond donors (Lipinski definition) is 0. The molecule has 0 saturated carbocycles. The second-order valence-electron chi connectivity index (χ2n) is 4.32. The van der Waals surface area contributed by atoms with Crippen molar-refractivity contribution in [3.8, 4) is 0 Å². The summed E-state index contributed by atoms with van der Waals surface area (Å²) in [5.74, 6) is -24.1. The lowest BCUT2D eigenvalue weighted by Crippen LogP contribution is -2.72. The quantitative estimate of drug-likeness (QED) is 0.409. The van der Waals surface area contributed by atoms with E-state index in [1.54, 1.807) is 15.9 Å². The Labute approximate surface area is 135 Å². The number of allylic oxidation sites excluding steroid dienone is 1. The average Bonchev–Trinajstić information content (AvgIpc) is 2.30. The Balaban J connectivity index is 7.06. The summed E-state index contributed by atoms with van der Waals surface area (Å²) < 4.78 is 190. The predicted octanol–water partition coefficient (Wildman–Crippen LogP) is 6.47. The normalized spacial score (nSPS) is 16.6. The molecule has 25 heavy (non-hydrogen) atoms. The van der Waals surface area contributed by atoms with E-state index in [-0.39, 0.29) is 0 Å². The van der Waals surface area contributed by atoms with Crippen LogP contribution in [0.15, 0.2) is 11.1 Å². The largest absolute Gasteiger partial charge is 0.460 e. The highest BCUT2D eigenvalue weighted by molar-refractivity contribution is 9.11. The maximum absolute atomic E-state index is 13.5. The van der Waals surface area contributed by atoms with E-state index in [1.165, 1.54) is 0 Å². The third-order valence-corrected chi connectivity index (χ3v) is 3.11. The predicted molar refractivity (Wildman–Crippen MR) is 53.5 cm³/mol. The van der Waals surface area contributed by atoms with Crippen LogP contribution in [0.5, 0.6) is 0 Å². The molecule has 0 amide bonds. The van der Waals surface area contributed by atoms with E-state index in [0.717, 1.165) is 0 Å². The third-order valence-electron chi connectivity index (χ3n) is 2.85. The maximum atomic E-state index is 13.5. The lowest BCUT2D eigenvalue weighted by Gasteiger charge is -2.45. The first-order valence-corrected chi connectivity index (χ1v) is 6.09. The molecule has 0 rings (SSSR count). The summed E-state index contributed by atoms with van der Waals surface area (Å²) >= 11 is 1.65. The minimum atomic E-state index is -8.13. The lowest BCUT2D eigenvalue weighted by atomic mass is 9.75. The molecular weight excluding hydrogens is 473 g/mol. The zero-order chi connectivity index (χ0) is 20.9. The minimum absolute atomic E-state index is 0.677. The molecule has 16 heteroatoms. The van der Waals surface area contributed by atoms with Gasteiger partial charge >= 0.3 is 36.3 Å². The molecule has 0 saturated heterocycles. The molecule has 0 fully saturated rings. The van der Waals surface area contributed by atoms with Gasteiger partial charge in [0.25, 0.3) is 0 Å². The molecule has 0 atom stereocenters. The van der Waals surface area contributed by atoms with Crippen molar-refractivity contribution < 1.29 is 65.9 Å². The van der Waals surface area contributed by atoms with Gasteiger partial charge in [0.05, 0.1) is 0 Å². The van der Waals surface area contributed by atoms with Crippen LogP contribution < -0.4 is 0 Å². The molecule has 0 spiro atoms. The molecule has 0 aromatic heterocycles. The molecule has 0 radical (unpaired) electrons. The fraction of sp³-hybridized carbons (Fsp3) is 0.778. The van der Waals surface area contributed by atoms with Gasteiger partial charge in [0, 0.05) is 0 Å². The molecular formula is C9H2BrF15. The van der Waals surface area contributed by atoms with Crippen molar-refractivity contribution in [2.45, 2.75) is 36.3 Å². The Kier molecular flexibility index (Phi) is 5.91. The molecule has 0 unspecified atom stereocenters. The molecule has 0 heterocycles. The summed E-state index contributed by atoms with van der Waals surface area (Å²) in [6.45, 7) is 0. The van der Waals surface area contributed by atoms with Crippen LogP contribution >= 0.6 is 15.9 Å². The summed E-state index contributed by atoms with van der Waals surface area (Å²) in [5, 5.41) is 0. The molecule has 0 N–H and O–H groups in total. The van der Waals surface area contributed by atoms with Gasteiger partial charge in [-0.05, 0) is 11.1 Å². The van der Waals surface area contributed by atoms with Crippen LogP contribution in [0.3, 0.4) is 0 Å². The van der Waals surface area contributed by atoms with Crippen molar-refractivity contribution in [1.82, 2.24) is 0 Å². The molecule has 0 aliphatic carbocycles. The van der Waals surface area contributed by atoms with Gasteiger partial charge in [-0.15, -0.1) is 0 Å². The summed E-state index contributed by atoms with van der Waals surface area (Å²) in [7, 11) is 0. The van der Waals surface area contributed by atoms with Gasteiger partial charge in [-0.2, -0.15) is 65.9 Å². The molecule has 0 nitrogen and oxygen atoms in total. The van der Waals surface area contributed by atoms with Gasteiger partial charge in [0.15, 0.2) is 0 Å². The minimum Gasteiger partial charge on any atom is -0.198 e. The van der Waals surface area contributed by atoms with Crippen LogP contribution in [-0.2, 0) is 0 Å². The number of rotatable bonds is 4. The van der Waals surface area contributed by atoms with Crippen LogP contribution in [0, 0.1) is 5.41 Å². The fourth-order valence-electron chi connectivity index (χ4n) is 1.53. The molecule has 0 aliphatic heterocycles. The summed E-state index contributed by atoms with van der Waals surface area (Å²) in [4.78, 5) is -0.677. The first kappa shape index (κ1) is 24.2. The average molecular weight is 475 g/mol. The van der Waals surface area contributed by atoms with Crippen molar-refractivity contribution >= 4 is 15.9 Å². The molecule has 0 aromatic carbocycles. The van der Waals surface area contributed by atoms with E-state index in [4.69, 9.17) is 0 Å². The lowest BCUT2D eigenvalue weighted by molar-refractivity contribution is -0.457. The monoisotopic (exact) mass is 474 g/mol. The van der Waals surface area contributed by atoms with Crippen LogP contribution in [0.25, 0.3) is 0 Å². The first-order valence-electron chi connectivity index (χ1n) is 5.17. The van der Waals surface area contributed by atoms with Crippen molar-refractivity contribution in [2.75, 3.05) is 0 Å². The second-order valence-corrected chi connectivity index (χ2v) is 4.85. The summed E-state index contributed by atoms with van der Waals surface area (Å²) in [6, 6.07) is 0. The Morgan fingerprint density at radius 3 is 0.960 bits per heavy atom. The highest BCUT2D eigenvalue weighted by Crippen LogP contribution is 2.67. The summed E-state index contributed by atoms with van der Waals surface area (Å²) in [6.07, 6.45) is -24.2. The molecule has 0 bridgehead atoms. The number of hydrogen-bond acceptors (Lipinski definition) is 0. The Bertz CT molecular complexity index is 491. The van der Waals surface area contributed by atoms with E-state index in [9.17, 15) is 65.9 Å². The topological polar surface area (TPSA) is 0 Å². The van der Waals surface area contributed by atoms with Crippen LogP contribution in [0.1, 0.15) is 0 Å². The van der Waals surface area contributed by atoms with Crippen LogP contribution in [-0.4, -0.2) is 36.3 Å². The van der Waals surface area contributed by atoms with Crippen molar-refractivity contribution in [1.29, 1.82) is 0 Å². The van der Waals surface area contributed by atoms with Crippen molar-refractivity contribution in [3.63, 3.8) is 0 Å². The van der Waals surface area contributed by atoms with E-state index in [1.807, 2.05) is 0 Å². The Morgan fingerprint density at radius 1 is 0.440 bits per heavy atom. The van der Waals surface area contributed by atoms with Gasteiger partial charge in [0.1, 0.15) is 0 Å². The standard InChI is InChI=1S/C9H2BrF15/c10-2-1-3(7(17,18)19,8(20,21)22)4(11,12)5(13,14)6(15,16)9(23,24)25/h1-2H/b2-1+. The number of halogens is 16. The van der Waals surface area contributed by atoms with E-state index >= 15 is 0 Å². The van der Waals surface area contributed by atoms with Gasteiger partial charge < -0.3 is 0 Å². The van der Waals surface area contributed by atoms with Crippen molar-refractivity contribution in [3.05, 3.63) is 11.1 Å². The van der Waals surface area contributed by atoms with Crippen molar-refractivity contribution in [2.24, 2.45) is 5.41 Å². The molecule has 150 valence electrons. The van der Waals surface area contributed by atoms with E-state index in [2.05, 4.69) is 0 Å². The second kappa shape index (κ2) is 6.11. The first-order chi connectivity index (χ1) is 10.6. The molecule has 0 aliphatic rings. The highest BCUT2D eigenvalue weighted by Gasteiger charge is 2.93. The van der Waals surface area contributed by atoms with Gasteiger partial charge in [0.2, 0.25) is 5.41 Å². The van der Waals surface area contributed by atoms with E-state index < -0.39 is 52.8 Å².